The fourth-order valence-electron chi connectivity index (χ4n) is 2.47. The molecule has 0 aliphatic carbocycles. The Bertz CT molecular complexity index is 1100. The third-order valence-electron chi connectivity index (χ3n) is 3.73. The van der Waals surface area contributed by atoms with Crippen molar-refractivity contribution in [3.8, 4) is 11.4 Å². The first kappa shape index (κ1) is 20.2. The summed E-state index contributed by atoms with van der Waals surface area (Å²) in [6.07, 6.45) is -1.73. The molecule has 148 valence electrons. The van der Waals surface area contributed by atoms with Crippen molar-refractivity contribution in [1.82, 2.24) is 9.78 Å². The quantitative estimate of drug-likeness (QED) is 0.590. The Kier molecular flexibility index (Phi) is 5.39. The van der Waals surface area contributed by atoms with Gasteiger partial charge in [-0.25, -0.2) is 13.1 Å². The number of aromatic nitrogens is 2. The molecule has 0 aliphatic heterocycles. The van der Waals surface area contributed by atoms with Crippen molar-refractivity contribution < 1.29 is 26.3 Å². The summed E-state index contributed by atoms with van der Waals surface area (Å²) < 4.78 is 74.2. The minimum Gasteiger partial charge on any atom is -0.495 e. The number of nitrogens with zero attached hydrogens (tertiary/aromatic N) is 2. The van der Waals surface area contributed by atoms with Gasteiger partial charge in [0, 0.05) is 16.9 Å². The number of alkyl halides is 3. The van der Waals surface area contributed by atoms with Gasteiger partial charge < -0.3 is 4.74 Å². The maximum Gasteiger partial charge on any atom is 0.416 e. The van der Waals surface area contributed by atoms with Crippen molar-refractivity contribution in [3.05, 3.63) is 64.9 Å². The largest absolute Gasteiger partial charge is 0.495 e. The van der Waals surface area contributed by atoms with Crippen molar-refractivity contribution in [2.24, 2.45) is 0 Å². The maximum atomic E-state index is 13.1. The van der Waals surface area contributed by atoms with Crippen LogP contribution in [0.3, 0.4) is 0 Å². The second-order valence-corrected chi connectivity index (χ2v) is 8.15. The number of anilines is 1. The van der Waals surface area contributed by atoms with Crippen molar-refractivity contribution >= 4 is 31.6 Å². The van der Waals surface area contributed by atoms with E-state index in [1.54, 1.807) is 12.1 Å². The summed E-state index contributed by atoms with van der Waals surface area (Å²) >= 11 is 3.18. The maximum absolute atomic E-state index is 13.1. The molecule has 1 N–H and O–H groups in total. The molecule has 1 heterocycles. The van der Waals surface area contributed by atoms with Crippen LogP contribution < -0.4 is 9.46 Å². The lowest BCUT2D eigenvalue weighted by molar-refractivity contribution is -0.137. The highest BCUT2D eigenvalue weighted by molar-refractivity contribution is 9.10. The van der Waals surface area contributed by atoms with Gasteiger partial charge in [-0.2, -0.15) is 18.3 Å². The molecule has 0 radical (unpaired) electrons. The Hall–Kier alpha value is -2.53. The van der Waals surface area contributed by atoms with Crippen LogP contribution in [0.1, 0.15) is 5.56 Å². The van der Waals surface area contributed by atoms with E-state index >= 15 is 0 Å². The van der Waals surface area contributed by atoms with E-state index in [1.165, 1.54) is 36.3 Å². The number of sulfonamides is 1. The lowest BCUT2D eigenvalue weighted by Crippen LogP contribution is -2.17. The average molecular weight is 476 g/mol. The second-order valence-electron chi connectivity index (χ2n) is 5.58. The van der Waals surface area contributed by atoms with Gasteiger partial charge in [0.15, 0.2) is 0 Å². The summed E-state index contributed by atoms with van der Waals surface area (Å²) in [6.45, 7) is 0. The molecule has 28 heavy (non-hydrogen) atoms. The molecule has 0 unspecified atom stereocenters. The number of ether oxygens (including phenoxy) is 1. The fraction of sp³-hybridized carbons (Fsp3) is 0.118. The predicted octanol–water partition coefficient (Wildman–Crippen LogP) is 4.46. The predicted molar refractivity (Wildman–Crippen MR) is 100 cm³/mol. The molecular formula is C17H13BrF3N3O3S. The number of halogens is 4. The molecule has 0 amide bonds. The van der Waals surface area contributed by atoms with Crippen molar-refractivity contribution in [2.45, 2.75) is 11.1 Å². The number of hydrogen-bond donors (Lipinski definition) is 1. The first-order valence-electron chi connectivity index (χ1n) is 7.69. The number of benzene rings is 2. The Morgan fingerprint density at radius 3 is 2.54 bits per heavy atom. The van der Waals surface area contributed by atoms with Gasteiger partial charge in [-0.3, -0.25) is 4.72 Å². The molecule has 0 bridgehead atoms. The summed E-state index contributed by atoms with van der Waals surface area (Å²) in [4.78, 5) is -0.229. The Morgan fingerprint density at radius 2 is 1.93 bits per heavy atom. The molecule has 0 fully saturated rings. The van der Waals surface area contributed by atoms with E-state index in [4.69, 9.17) is 4.74 Å². The van der Waals surface area contributed by atoms with Crippen molar-refractivity contribution in [3.63, 3.8) is 0 Å². The van der Waals surface area contributed by atoms with Gasteiger partial charge in [-0.1, -0.05) is 15.9 Å². The van der Waals surface area contributed by atoms with E-state index in [-0.39, 0.29) is 22.0 Å². The molecule has 0 spiro atoms. The van der Waals surface area contributed by atoms with Crippen LogP contribution in [0.2, 0.25) is 0 Å². The molecule has 3 rings (SSSR count). The summed E-state index contributed by atoms with van der Waals surface area (Å²) in [5.74, 6) is 0.0447. The fourth-order valence-corrected chi connectivity index (χ4v) is 4.24. The van der Waals surface area contributed by atoms with E-state index in [1.807, 2.05) is 0 Å². The smallest absolute Gasteiger partial charge is 0.416 e. The topological polar surface area (TPSA) is 73.2 Å². The Labute approximate surface area is 167 Å². The third kappa shape index (κ3) is 4.14. The SMILES string of the molecule is COc1ccc(Br)cc1S(=O)(=O)Nc1cc(C(F)(F)F)ccc1-n1cccn1. The zero-order valence-corrected chi connectivity index (χ0v) is 16.6. The van der Waals surface area contributed by atoms with E-state index in [0.29, 0.717) is 4.47 Å². The zero-order valence-electron chi connectivity index (χ0n) is 14.2. The molecule has 6 nitrogen and oxygen atoms in total. The van der Waals surface area contributed by atoms with E-state index in [2.05, 4.69) is 25.8 Å². The van der Waals surface area contributed by atoms with Crippen molar-refractivity contribution in [2.75, 3.05) is 11.8 Å². The lowest BCUT2D eigenvalue weighted by atomic mass is 10.1. The average Bonchev–Trinajstić information content (AvgIpc) is 3.15. The van der Waals surface area contributed by atoms with Gasteiger partial charge in [0.1, 0.15) is 10.6 Å². The van der Waals surface area contributed by atoms with Crippen LogP contribution >= 0.6 is 15.9 Å². The summed E-state index contributed by atoms with van der Waals surface area (Å²) in [5.41, 5.74) is -1.14. The Balaban J connectivity index is 2.13. The van der Waals surface area contributed by atoms with Crippen LogP contribution in [0.25, 0.3) is 5.69 Å². The highest BCUT2D eigenvalue weighted by Gasteiger charge is 2.32. The molecule has 0 saturated carbocycles. The second kappa shape index (κ2) is 7.47. The molecule has 2 aromatic carbocycles. The molecular weight excluding hydrogens is 463 g/mol. The molecule has 0 saturated heterocycles. The van der Waals surface area contributed by atoms with E-state index in [0.717, 1.165) is 18.2 Å². The minimum absolute atomic E-state index is 0.0447. The van der Waals surface area contributed by atoms with Crippen LogP contribution in [-0.4, -0.2) is 25.3 Å². The monoisotopic (exact) mass is 475 g/mol. The van der Waals surface area contributed by atoms with Gasteiger partial charge in [-0.15, -0.1) is 0 Å². The van der Waals surface area contributed by atoms with Gasteiger partial charge >= 0.3 is 6.18 Å². The molecule has 3 aromatic rings. The number of rotatable bonds is 5. The van der Waals surface area contributed by atoms with Gasteiger partial charge in [-0.05, 0) is 42.5 Å². The minimum atomic E-state index is -4.64. The number of hydrogen-bond acceptors (Lipinski definition) is 4. The molecule has 1 aromatic heterocycles. The van der Waals surface area contributed by atoms with Crippen LogP contribution in [0.4, 0.5) is 18.9 Å². The molecule has 11 heteroatoms. The van der Waals surface area contributed by atoms with Gasteiger partial charge in [0.05, 0.1) is 24.0 Å². The van der Waals surface area contributed by atoms with Crippen LogP contribution in [0, 0.1) is 0 Å². The highest BCUT2D eigenvalue weighted by Crippen LogP contribution is 2.35. The summed E-state index contributed by atoms with van der Waals surface area (Å²) in [6, 6.07) is 8.59. The summed E-state index contributed by atoms with van der Waals surface area (Å²) in [5, 5.41) is 3.96. The van der Waals surface area contributed by atoms with Crippen LogP contribution in [0.5, 0.6) is 5.75 Å². The van der Waals surface area contributed by atoms with Gasteiger partial charge in [0.25, 0.3) is 10.0 Å². The standard InChI is InChI=1S/C17H13BrF3N3O3S/c1-27-15-6-4-12(18)10-16(15)28(25,26)23-13-9-11(17(19,20)21)3-5-14(13)24-8-2-7-22-24/h2-10,23H,1H3. The number of nitrogens with one attached hydrogen (secondary N) is 1. The van der Waals surface area contributed by atoms with E-state index in [9.17, 15) is 21.6 Å². The molecule has 0 aliphatic rings. The normalized spacial score (nSPS) is 12.0. The molecule has 0 atom stereocenters. The Morgan fingerprint density at radius 1 is 1.18 bits per heavy atom. The number of methoxy groups -OCH3 is 1. The van der Waals surface area contributed by atoms with Crippen molar-refractivity contribution in [1.29, 1.82) is 0 Å². The van der Waals surface area contributed by atoms with Crippen LogP contribution in [0.15, 0.2) is 64.2 Å². The lowest BCUT2D eigenvalue weighted by Gasteiger charge is -2.17. The van der Waals surface area contributed by atoms with E-state index < -0.39 is 21.8 Å². The van der Waals surface area contributed by atoms with Gasteiger partial charge in [0.2, 0.25) is 0 Å². The summed E-state index contributed by atoms with van der Waals surface area (Å²) in [7, 11) is -2.97. The highest BCUT2D eigenvalue weighted by atomic mass is 79.9. The first-order chi connectivity index (χ1) is 13.1. The zero-order chi connectivity index (χ0) is 20.5. The third-order valence-corrected chi connectivity index (χ3v) is 5.61. The first-order valence-corrected chi connectivity index (χ1v) is 9.97. The van der Waals surface area contributed by atoms with Crippen LogP contribution in [-0.2, 0) is 16.2 Å².